The Balaban J connectivity index is 2.03. The standard InChI is InChI=1S/C18H23NO3/c1-19-10-9-17-7-3-4-8-18(17,21)14(19)11-12-5-6-13(22-2)16(20)15(12)17/h3,5-7,14,20-21H,4,8-11H2,1-2H3. The molecule has 1 aromatic rings. The highest BCUT2D eigenvalue weighted by molar-refractivity contribution is 5.60. The van der Waals surface area contributed by atoms with Gasteiger partial charge in [-0.05, 0) is 50.9 Å². The van der Waals surface area contributed by atoms with Gasteiger partial charge < -0.3 is 19.8 Å². The van der Waals surface area contributed by atoms with Crippen molar-refractivity contribution in [2.45, 2.75) is 42.7 Å². The van der Waals surface area contributed by atoms with Gasteiger partial charge in [-0.15, -0.1) is 0 Å². The van der Waals surface area contributed by atoms with Gasteiger partial charge in [-0.25, -0.2) is 0 Å². The summed E-state index contributed by atoms with van der Waals surface area (Å²) in [5.74, 6) is 0.694. The van der Waals surface area contributed by atoms with Crippen LogP contribution >= 0.6 is 0 Å². The topological polar surface area (TPSA) is 52.9 Å². The summed E-state index contributed by atoms with van der Waals surface area (Å²) in [6.07, 6.45) is 7.53. The summed E-state index contributed by atoms with van der Waals surface area (Å²) in [6, 6.07) is 3.98. The number of fused-ring (bicyclic) bond motifs is 1. The Morgan fingerprint density at radius 2 is 2.14 bits per heavy atom. The molecule has 2 aliphatic carbocycles. The lowest BCUT2D eigenvalue weighted by Crippen LogP contribution is -2.70. The minimum absolute atomic E-state index is 0.103. The van der Waals surface area contributed by atoms with Crippen molar-refractivity contribution in [2.24, 2.45) is 0 Å². The Morgan fingerprint density at radius 3 is 2.91 bits per heavy atom. The number of benzene rings is 1. The van der Waals surface area contributed by atoms with Crippen LogP contribution in [0.2, 0.25) is 0 Å². The molecule has 1 heterocycles. The molecule has 4 nitrogen and oxygen atoms in total. The minimum Gasteiger partial charge on any atom is -0.504 e. The van der Waals surface area contributed by atoms with E-state index in [1.165, 1.54) is 0 Å². The van der Waals surface area contributed by atoms with Crippen LogP contribution in [0.4, 0.5) is 0 Å². The molecular formula is C18H23NO3. The van der Waals surface area contributed by atoms with Gasteiger partial charge in [-0.3, -0.25) is 0 Å². The fraction of sp³-hybridized carbons (Fsp3) is 0.556. The normalized spacial score (nSPS) is 36.6. The van der Waals surface area contributed by atoms with E-state index in [0.717, 1.165) is 43.4 Å². The van der Waals surface area contributed by atoms with Crippen LogP contribution in [-0.4, -0.2) is 47.5 Å². The first kappa shape index (κ1) is 14.1. The molecule has 4 heteroatoms. The maximum Gasteiger partial charge on any atom is 0.162 e. The summed E-state index contributed by atoms with van der Waals surface area (Å²) in [5, 5.41) is 22.4. The molecule has 0 aromatic heterocycles. The van der Waals surface area contributed by atoms with Gasteiger partial charge in [0.05, 0.1) is 12.7 Å². The largest absolute Gasteiger partial charge is 0.504 e. The van der Waals surface area contributed by atoms with Gasteiger partial charge in [0, 0.05) is 17.0 Å². The molecule has 118 valence electrons. The van der Waals surface area contributed by atoms with E-state index in [0.29, 0.717) is 5.75 Å². The molecule has 1 aromatic carbocycles. The van der Waals surface area contributed by atoms with Crippen LogP contribution in [0.15, 0.2) is 24.3 Å². The summed E-state index contributed by atoms with van der Waals surface area (Å²) in [6.45, 7) is 0.924. The number of hydrogen-bond donors (Lipinski definition) is 2. The second-order valence-electron chi connectivity index (χ2n) is 6.94. The average Bonchev–Trinajstić information content (AvgIpc) is 2.51. The van der Waals surface area contributed by atoms with Crippen LogP contribution in [0, 0.1) is 0 Å². The summed E-state index contributed by atoms with van der Waals surface area (Å²) in [7, 11) is 3.67. The van der Waals surface area contributed by atoms with E-state index in [-0.39, 0.29) is 11.8 Å². The van der Waals surface area contributed by atoms with Crippen molar-refractivity contribution in [2.75, 3.05) is 20.7 Å². The van der Waals surface area contributed by atoms with Crippen LogP contribution in [-0.2, 0) is 11.8 Å². The van der Waals surface area contributed by atoms with Gasteiger partial charge in [0.25, 0.3) is 0 Å². The molecule has 4 rings (SSSR count). The summed E-state index contributed by atoms with van der Waals surface area (Å²) in [4.78, 5) is 2.28. The number of phenolic OH excluding ortho intramolecular Hbond substituents is 1. The van der Waals surface area contributed by atoms with E-state index < -0.39 is 11.0 Å². The maximum absolute atomic E-state index is 11.6. The van der Waals surface area contributed by atoms with Gasteiger partial charge in [0.1, 0.15) is 0 Å². The first-order chi connectivity index (χ1) is 10.5. The lowest BCUT2D eigenvalue weighted by Gasteiger charge is -2.61. The molecular weight excluding hydrogens is 278 g/mol. The molecule has 2 bridgehead atoms. The number of likely N-dealkylation sites (N-methyl/N-ethyl adjacent to an activating group) is 1. The van der Waals surface area contributed by atoms with Gasteiger partial charge in [0.15, 0.2) is 11.5 Å². The lowest BCUT2D eigenvalue weighted by atomic mass is 9.51. The Hall–Kier alpha value is -1.52. The number of aromatic hydroxyl groups is 1. The van der Waals surface area contributed by atoms with E-state index in [9.17, 15) is 10.2 Å². The molecule has 1 aliphatic heterocycles. The number of hydrogen-bond acceptors (Lipinski definition) is 4. The zero-order valence-electron chi connectivity index (χ0n) is 13.2. The number of nitrogens with zero attached hydrogens (tertiary/aromatic N) is 1. The van der Waals surface area contributed by atoms with Gasteiger partial charge in [-0.2, -0.15) is 0 Å². The van der Waals surface area contributed by atoms with E-state index in [1.807, 2.05) is 12.1 Å². The smallest absolute Gasteiger partial charge is 0.162 e. The Kier molecular flexibility index (Phi) is 2.88. The number of piperidine rings is 1. The predicted molar refractivity (Wildman–Crippen MR) is 84.4 cm³/mol. The molecule has 3 unspecified atom stereocenters. The number of likely N-dealkylation sites (tertiary alicyclic amines) is 1. The second-order valence-corrected chi connectivity index (χ2v) is 6.94. The van der Waals surface area contributed by atoms with Crippen molar-refractivity contribution in [3.8, 4) is 11.5 Å². The SMILES string of the molecule is COc1ccc2c(c1O)C13C=CCCC1(O)C(C2)N(C)CC3. The van der Waals surface area contributed by atoms with Gasteiger partial charge >= 0.3 is 0 Å². The van der Waals surface area contributed by atoms with Crippen molar-refractivity contribution in [1.82, 2.24) is 4.90 Å². The molecule has 1 fully saturated rings. The van der Waals surface area contributed by atoms with E-state index >= 15 is 0 Å². The van der Waals surface area contributed by atoms with Crippen LogP contribution < -0.4 is 4.74 Å². The van der Waals surface area contributed by atoms with E-state index in [4.69, 9.17) is 4.74 Å². The predicted octanol–water partition coefficient (Wildman–Crippen LogP) is 1.98. The van der Waals surface area contributed by atoms with E-state index in [2.05, 4.69) is 24.1 Å². The van der Waals surface area contributed by atoms with Crippen LogP contribution in [0.3, 0.4) is 0 Å². The van der Waals surface area contributed by atoms with Crippen LogP contribution in [0.5, 0.6) is 11.5 Å². The van der Waals surface area contributed by atoms with Gasteiger partial charge in [0.2, 0.25) is 0 Å². The number of aliphatic hydroxyl groups is 1. The fourth-order valence-electron chi connectivity index (χ4n) is 5.00. The molecule has 1 saturated heterocycles. The quantitative estimate of drug-likeness (QED) is 0.779. The molecule has 2 N–H and O–H groups in total. The van der Waals surface area contributed by atoms with E-state index in [1.54, 1.807) is 7.11 Å². The second kappa shape index (κ2) is 4.49. The van der Waals surface area contributed by atoms with Gasteiger partial charge in [-0.1, -0.05) is 18.2 Å². The third-order valence-corrected chi connectivity index (χ3v) is 6.12. The summed E-state index contributed by atoms with van der Waals surface area (Å²) >= 11 is 0. The zero-order chi connectivity index (χ0) is 15.5. The number of rotatable bonds is 1. The molecule has 0 spiro atoms. The number of phenols is 1. The molecule has 3 atom stereocenters. The third kappa shape index (κ3) is 1.49. The third-order valence-electron chi connectivity index (χ3n) is 6.12. The molecule has 22 heavy (non-hydrogen) atoms. The highest BCUT2D eigenvalue weighted by Crippen LogP contribution is 2.58. The first-order valence-electron chi connectivity index (χ1n) is 8.03. The Bertz CT molecular complexity index is 656. The fourth-order valence-corrected chi connectivity index (χ4v) is 5.00. The Labute approximate surface area is 131 Å². The number of ether oxygens (including phenoxy) is 1. The Morgan fingerprint density at radius 1 is 1.32 bits per heavy atom. The van der Waals surface area contributed by atoms with Crippen molar-refractivity contribution >= 4 is 0 Å². The number of allylic oxidation sites excluding steroid dienone is 1. The summed E-state index contributed by atoms with van der Waals surface area (Å²) in [5.41, 5.74) is 0.709. The zero-order valence-corrected chi connectivity index (χ0v) is 13.2. The highest BCUT2D eigenvalue weighted by Gasteiger charge is 2.62. The molecule has 3 aliphatic rings. The van der Waals surface area contributed by atoms with Crippen molar-refractivity contribution in [3.05, 3.63) is 35.4 Å². The summed E-state index contributed by atoms with van der Waals surface area (Å²) < 4.78 is 5.31. The minimum atomic E-state index is -0.814. The number of methoxy groups -OCH3 is 1. The first-order valence-corrected chi connectivity index (χ1v) is 8.03. The molecule has 0 amide bonds. The van der Waals surface area contributed by atoms with Crippen LogP contribution in [0.25, 0.3) is 0 Å². The molecule has 0 radical (unpaired) electrons. The highest BCUT2D eigenvalue weighted by atomic mass is 16.5. The lowest BCUT2D eigenvalue weighted by molar-refractivity contribution is -0.132. The van der Waals surface area contributed by atoms with Crippen molar-refractivity contribution in [3.63, 3.8) is 0 Å². The molecule has 0 saturated carbocycles. The average molecular weight is 301 g/mol. The van der Waals surface area contributed by atoms with Crippen molar-refractivity contribution in [1.29, 1.82) is 0 Å². The van der Waals surface area contributed by atoms with Crippen molar-refractivity contribution < 1.29 is 14.9 Å². The van der Waals surface area contributed by atoms with Crippen LogP contribution in [0.1, 0.15) is 30.4 Å². The maximum atomic E-state index is 11.6. The monoisotopic (exact) mass is 301 g/mol.